The van der Waals surface area contributed by atoms with Gasteiger partial charge < -0.3 is 5.32 Å². The molecule has 0 saturated heterocycles. The summed E-state index contributed by atoms with van der Waals surface area (Å²) in [5.74, 6) is -0.224. The zero-order valence-electron chi connectivity index (χ0n) is 10.0. The minimum Gasteiger partial charge on any atom is -0.347 e. The lowest BCUT2D eigenvalue weighted by Crippen LogP contribution is -2.22. The first-order chi connectivity index (χ1) is 8.56. The number of aromatic nitrogens is 2. The minimum absolute atomic E-state index is 0.224. The molecule has 0 atom stereocenters. The highest BCUT2D eigenvalue weighted by Gasteiger charge is 2.11. The number of amides is 1. The van der Waals surface area contributed by atoms with Crippen molar-refractivity contribution >= 4 is 28.8 Å². The summed E-state index contributed by atoms with van der Waals surface area (Å²) in [6.45, 7) is 4.21. The molecule has 2 rings (SSSR count). The van der Waals surface area contributed by atoms with Crippen molar-refractivity contribution in [2.75, 3.05) is 0 Å². The van der Waals surface area contributed by atoms with Gasteiger partial charge in [-0.05, 0) is 19.9 Å². The van der Waals surface area contributed by atoms with Gasteiger partial charge in [0, 0.05) is 23.0 Å². The summed E-state index contributed by atoms with van der Waals surface area (Å²) in [7, 11) is 0. The third-order valence-corrected chi connectivity index (χ3v) is 3.55. The number of hydrogen-bond acceptors (Lipinski definition) is 4. The van der Waals surface area contributed by atoms with Gasteiger partial charge in [-0.2, -0.15) is 0 Å². The standard InChI is InChI=1S/C12H12ClN3OS/c1-7-3-11(13)10(6-14-7)12(17)16-5-9-4-15-8(2)18-9/h3-4,6H,5H2,1-2H3,(H,16,17). The summed E-state index contributed by atoms with van der Waals surface area (Å²) < 4.78 is 0. The van der Waals surface area contributed by atoms with Gasteiger partial charge in [0.2, 0.25) is 0 Å². The average Bonchev–Trinajstić information content (AvgIpc) is 2.72. The topological polar surface area (TPSA) is 54.9 Å². The zero-order valence-corrected chi connectivity index (χ0v) is 11.6. The van der Waals surface area contributed by atoms with Crippen molar-refractivity contribution in [1.82, 2.24) is 15.3 Å². The Morgan fingerprint density at radius 1 is 1.39 bits per heavy atom. The molecule has 2 aromatic rings. The summed E-state index contributed by atoms with van der Waals surface area (Å²) in [6, 6.07) is 1.67. The van der Waals surface area contributed by atoms with Gasteiger partial charge in [-0.25, -0.2) is 4.98 Å². The van der Waals surface area contributed by atoms with Gasteiger partial charge in [-0.3, -0.25) is 9.78 Å². The zero-order chi connectivity index (χ0) is 13.1. The first-order valence-electron chi connectivity index (χ1n) is 5.38. The molecule has 0 fully saturated rings. The Balaban J connectivity index is 2.03. The van der Waals surface area contributed by atoms with Gasteiger partial charge in [0.25, 0.3) is 5.91 Å². The average molecular weight is 282 g/mol. The molecule has 2 aromatic heterocycles. The fraction of sp³-hybridized carbons (Fsp3) is 0.250. The van der Waals surface area contributed by atoms with E-state index in [1.165, 1.54) is 6.20 Å². The Morgan fingerprint density at radius 3 is 2.78 bits per heavy atom. The first kappa shape index (κ1) is 13.0. The quantitative estimate of drug-likeness (QED) is 0.941. The van der Waals surface area contributed by atoms with Crippen molar-refractivity contribution in [3.8, 4) is 0 Å². The normalized spacial score (nSPS) is 10.4. The molecule has 0 aliphatic carbocycles. The van der Waals surface area contributed by atoms with Crippen LogP contribution in [0, 0.1) is 13.8 Å². The summed E-state index contributed by atoms with van der Waals surface area (Å²) in [4.78, 5) is 21.1. The van der Waals surface area contributed by atoms with E-state index in [1.54, 1.807) is 23.6 Å². The highest BCUT2D eigenvalue weighted by Crippen LogP contribution is 2.16. The van der Waals surface area contributed by atoms with Gasteiger partial charge in [0.05, 0.1) is 22.1 Å². The molecular weight excluding hydrogens is 270 g/mol. The van der Waals surface area contributed by atoms with E-state index in [0.29, 0.717) is 17.1 Å². The lowest BCUT2D eigenvalue weighted by atomic mass is 10.2. The van der Waals surface area contributed by atoms with E-state index in [4.69, 9.17) is 11.6 Å². The third-order valence-electron chi connectivity index (χ3n) is 2.33. The number of pyridine rings is 1. The monoisotopic (exact) mass is 281 g/mol. The summed E-state index contributed by atoms with van der Waals surface area (Å²) in [5.41, 5.74) is 1.18. The van der Waals surface area contributed by atoms with E-state index in [0.717, 1.165) is 15.6 Å². The molecular formula is C12H12ClN3OS. The van der Waals surface area contributed by atoms with Crippen LogP contribution in [-0.4, -0.2) is 15.9 Å². The van der Waals surface area contributed by atoms with E-state index < -0.39 is 0 Å². The van der Waals surface area contributed by atoms with Crippen LogP contribution in [0.25, 0.3) is 0 Å². The van der Waals surface area contributed by atoms with E-state index in [1.807, 2.05) is 13.8 Å². The van der Waals surface area contributed by atoms with Crippen LogP contribution < -0.4 is 5.32 Å². The molecule has 1 amide bonds. The van der Waals surface area contributed by atoms with Crippen molar-refractivity contribution in [2.45, 2.75) is 20.4 Å². The van der Waals surface area contributed by atoms with Crippen molar-refractivity contribution in [3.05, 3.63) is 44.6 Å². The highest BCUT2D eigenvalue weighted by molar-refractivity contribution is 7.11. The van der Waals surface area contributed by atoms with Crippen molar-refractivity contribution in [2.24, 2.45) is 0 Å². The number of rotatable bonds is 3. The van der Waals surface area contributed by atoms with Crippen LogP contribution in [0.15, 0.2) is 18.5 Å². The van der Waals surface area contributed by atoms with Crippen LogP contribution in [-0.2, 0) is 6.54 Å². The van der Waals surface area contributed by atoms with Gasteiger partial charge in [-0.15, -0.1) is 11.3 Å². The SMILES string of the molecule is Cc1cc(Cl)c(C(=O)NCc2cnc(C)s2)cn1. The summed E-state index contributed by atoms with van der Waals surface area (Å²) >= 11 is 7.56. The van der Waals surface area contributed by atoms with Crippen molar-refractivity contribution < 1.29 is 4.79 Å². The lowest BCUT2D eigenvalue weighted by molar-refractivity contribution is 0.0951. The number of nitrogens with zero attached hydrogens (tertiary/aromatic N) is 2. The second-order valence-electron chi connectivity index (χ2n) is 3.83. The second kappa shape index (κ2) is 5.46. The Hall–Kier alpha value is -1.46. The van der Waals surface area contributed by atoms with Crippen LogP contribution >= 0.6 is 22.9 Å². The summed E-state index contributed by atoms with van der Waals surface area (Å²) in [5, 5.41) is 4.19. The molecule has 0 saturated carbocycles. The van der Waals surface area contributed by atoms with Gasteiger partial charge in [0.1, 0.15) is 0 Å². The maximum Gasteiger partial charge on any atom is 0.254 e. The number of halogens is 1. The summed E-state index contributed by atoms with van der Waals surface area (Å²) in [6.07, 6.45) is 3.25. The Kier molecular flexibility index (Phi) is 3.93. The Bertz CT molecular complexity index is 582. The molecule has 94 valence electrons. The molecule has 0 unspecified atom stereocenters. The minimum atomic E-state index is -0.224. The first-order valence-corrected chi connectivity index (χ1v) is 6.57. The predicted molar refractivity (Wildman–Crippen MR) is 72.0 cm³/mol. The number of carbonyl (C=O) groups excluding carboxylic acids is 1. The molecule has 0 aliphatic heterocycles. The van der Waals surface area contributed by atoms with Gasteiger partial charge in [0.15, 0.2) is 0 Å². The highest BCUT2D eigenvalue weighted by atomic mass is 35.5. The van der Waals surface area contributed by atoms with E-state index in [9.17, 15) is 4.79 Å². The van der Waals surface area contributed by atoms with Crippen LogP contribution in [0.2, 0.25) is 5.02 Å². The van der Waals surface area contributed by atoms with Crippen molar-refractivity contribution in [1.29, 1.82) is 0 Å². The third kappa shape index (κ3) is 3.05. The molecule has 0 bridgehead atoms. The van der Waals surface area contributed by atoms with E-state index in [-0.39, 0.29) is 5.91 Å². The Labute approximate surface area is 114 Å². The largest absolute Gasteiger partial charge is 0.347 e. The van der Waals surface area contributed by atoms with Crippen LogP contribution in [0.3, 0.4) is 0 Å². The van der Waals surface area contributed by atoms with Gasteiger partial charge in [-0.1, -0.05) is 11.6 Å². The molecule has 4 nitrogen and oxygen atoms in total. The number of carbonyl (C=O) groups is 1. The maximum absolute atomic E-state index is 11.9. The molecule has 1 N–H and O–H groups in total. The predicted octanol–water partition coefficient (Wildman–Crippen LogP) is 2.74. The van der Waals surface area contributed by atoms with E-state index in [2.05, 4.69) is 15.3 Å². The van der Waals surface area contributed by atoms with Crippen molar-refractivity contribution in [3.63, 3.8) is 0 Å². The molecule has 18 heavy (non-hydrogen) atoms. The van der Waals surface area contributed by atoms with E-state index >= 15 is 0 Å². The van der Waals surface area contributed by atoms with Crippen LogP contribution in [0.5, 0.6) is 0 Å². The molecule has 0 aromatic carbocycles. The molecule has 6 heteroatoms. The fourth-order valence-electron chi connectivity index (χ4n) is 1.44. The lowest BCUT2D eigenvalue weighted by Gasteiger charge is -2.05. The molecule has 0 aliphatic rings. The van der Waals surface area contributed by atoms with Crippen LogP contribution in [0.4, 0.5) is 0 Å². The second-order valence-corrected chi connectivity index (χ2v) is 5.56. The molecule has 0 radical (unpaired) electrons. The molecule has 0 spiro atoms. The number of thiazole rings is 1. The Morgan fingerprint density at radius 2 is 2.17 bits per heavy atom. The fourth-order valence-corrected chi connectivity index (χ4v) is 2.47. The smallest absolute Gasteiger partial charge is 0.254 e. The number of aryl methyl sites for hydroxylation is 2. The van der Waals surface area contributed by atoms with Crippen LogP contribution in [0.1, 0.15) is 25.9 Å². The van der Waals surface area contributed by atoms with Gasteiger partial charge >= 0.3 is 0 Å². The maximum atomic E-state index is 11.9. The number of hydrogen-bond donors (Lipinski definition) is 1. The molecule has 2 heterocycles. The number of nitrogens with one attached hydrogen (secondary N) is 1.